The molecule has 0 spiro atoms. The van der Waals surface area contributed by atoms with Gasteiger partial charge in [0.25, 0.3) is 11.8 Å². The highest BCUT2D eigenvalue weighted by molar-refractivity contribution is 7.17. The number of nitrogens with one attached hydrogen (secondary N) is 2. The molecular formula is C24H33N3O2S. The summed E-state index contributed by atoms with van der Waals surface area (Å²) in [5.74, 6) is 0.376. The number of benzene rings is 1. The Kier molecular flexibility index (Phi) is 8.05. The Bertz CT molecular complexity index is 859. The molecule has 1 aliphatic rings. The fraction of sp³-hybridized carbons (Fsp3) is 0.500. The Labute approximate surface area is 183 Å². The minimum atomic E-state index is -0.169. The molecule has 162 valence electrons. The molecule has 1 aliphatic carbocycles. The molecule has 5 nitrogen and oxygen atoms in total. The Hall–Kier alpha value is -2.18. The molecule has 0 saturated heterocycles. The lowest BCUT2D eigenvalue weighted by Crippen LogP contribution is -2.30. The third-order valence-electron chi connectivity index (χ3n) is 5.83. The van der Waals surface area contributed by atoms with E-state index in [1.807, 2.05) is 18.2 Å². The van der Waals surface area contributed by atoms with Crippen LogP contribution in [0.5, 0.6) is 0 Å². The third kappa shape index (κ3) is 5.49. The fourth-order valence-corrected chi connectivity index (χ4v) is 5.38. The summed E-state index contributed by atoms with van der Waals surface area (Å²) in [7, 11) is 0. The van der Waals surface area contributed by atoms with Gasteiger partial charge in [0.15, 0.2) is 0 Å². The maximum absolute atomic E-state index is 13.1. The zero-order valence-corrected chi connectivity index (χ0v) is 19.1. The number of anilines is 1. The first-order chi connectivity index (χ1) is 14.5. The molecular weight excluding hydrogens is 394 g/mol. The summed E-state index contributed by atoms with van der Waals surface area (Å²) < 4.78 is 0. The van der Waals surface area contributed by atoms with Crippen LogP contribution in [0.2, 0.25) is 0 Å². The van der Waals surface area contributed by atoms with Crippen LogP contribution in [-0.4, -0.2) is 42.9 Å². The van der Waals surface area contributed by atoms with Gasteiger partial charge in [-0.15, -0.1) is 11.3 Å². The Morgan fingerprint density at radius 2 is 1.87 bits per heavy atom. The normalized spacial score (nSPS) is 15.7. The summed E-state index contributed by atoms with van der Waals surface area (Å²) in [5.41, 5.74) is 2.40. The molecule has 2 N–H and O–H groups in total. The second-order valence-corrected chi connectivity index (χ2v) is 9.12. The predicted molar refractivity (Wildman–Crippen MR) is 125 cm³/mol. The van der Waals surface area contributed by atoms with E-state index in [1.54, 1.807) is 23.5 Å². The van der Waals surface area contributed by atoms with E-state index >= 15 is 0 Å². The molecule has 2 amide bonds. The van der Waals surface area contributed by atoms with Crippen molar-refractivity contribution >= 4 is 28.2 Å². The maximum Gasteiger partial charge on any atom is 0.256 e. The van der Waals surface area contributed by atoms with Gasteiger partial charge in [-0.1, -0.05) is 39.0 Å². The smallest absolute Gasteiger partial charge is 0.256 e. The quantitative estimate of drug-likeness (QED) is 0.576. The molecule has 0 bridgehead atoms. The number of nitrogens with zero attached hydrogens (tertiary/aromatic N) is 1. The highest BCUT2D eigenvalue weighted by Crippen LogP contribution is 2.39. The Morgan fingerprint density at radius 3 is 2.57 bits per heavy atom. The van der Waals surface area contributed by atoms with E-state index in [0.29, 0.717) is 28.6 Å². The number of carbonyl (C=O) groups is 2. The van der Waals surface area contributed by atoms with Gasteiger partial charge in [-0.25, -0.2) is 0 Å². The van der Waals surface area contributed by atoms with Crippen molar-refractivity contribution in [3.8, 4) is 0 Å². The lowest BCUT2D eigenvalue weighted by atomic mass is 9.88. The molecule has 1 aromatic carbocycles. The summed E-state index contributed by atoms with van der Waals surface area (Å²) in [6, 6.07) is 9.16. The van der Waals surface area contributed by atoms with Gasteiger partial charge in [-0.05, 0) is 68.9 Å². The summed E-state index contributed by atoms with van der Waals surface area (Å²) in [6.07, 6.45) is 3.88. The first-order valence-electron chi connectivity index (χ1n) is 11.0. The van der Waals surface area contributed by atoms with Crippen LogP contribution in [0, 0.1) is 5.92 Å². The molecule has 0 saturated carbocycles. The van der Waals surface area contributed by atoms with Gasteiger partial charge in [0.05, 0.1) is 5.56 Å². The monoisotopic (exact) mass is 427 g/mol. The molecule has 1 heterocycles. The Morgan fingerprint density at radius 1 is 1.13 bits per heavy atom. The van der Waals surface area contributed by atoms with Crippen molar-refractivity contribution in [2.75, 3.05) is 31.5 Å². The van der Waals surface area contributed by atoms with Crippen molar-refractivity contribution in [1.82, 2.24) is 10.2 Å². The van der Waals surface area contributed by atoms with E-state index < -0.39 is 0 Å². The molecule has 3 rings (SSSR count). The minimum absolute atomic E-state index is 0.0649. The van der Waals surface area contributed by atoms with Gasteiger partial charge >= 0.3 is 0 Å². The fourth-order valence-electron chi connectivity index (χ4n) is 3.98. The molecule has 30 heavy (non-hydrogen) atoms. The van der Waals surface area contributed by atoms with Crippen molar-refractivity contribution in [3.05, 3.63) is 51.9 Å². The van der Waals surface area contributed by atoms with Gasteiger partial charge in [-0.3, -0.25) is 9.59 Å². The molecule has 6 heteroatoms. The number of rotatable bonds is 9. The van der Waals surface area contributed by atoms with Gasteiger partial charge in [0.2, 0.25) is 0 Å². The summed E-state index contributed by atoms with van der Waals surface area (Å²) in [4.78, 5) is 29.4. The standard InChI is InChI=1S/C24H33N3O2S/c1-4-27(5-2)15-9-14-25-23(29)21-19-13-12-17(3)16-20(19)30-24(21)26-22(28)18-10-7-6-8-11-18/h6-8,10-11,17H,4-5,9,12-16H2,1-3H3,(H,25,29)(H,26,28). The van der Waals surface area contributed by atoms with Gasteiger partial charge in [0, 0.05) is 17.0 Å². The van der Waals surface area contributed by atoms with Gasteiger partial charge in [0.1, 0.15) is 5.00 Å². The number of thiophene rings is 1. The maximum atomic E-state index is 13.1. The van der Waals surface area contributed by atoms with Crippen LogP contribution >= 0.6 is 11.3 Å². The second kappa shape index (κ2) is 10.7. The Balaban J connectivity index is 1.74. The number of carbonyl (C=O) groups excluding carboxylic acids is 2. The van der Waals surface area contributed by atoms with Gasteiger partial charge in [-0.2, -0.15) is 0 Å². The molecule has 1 atom stereocenters. The highest BCUT2D eigenvalue weighted by atomic mass is 32.1. The van der Waals surface area contributed by atoms with Gasteiger partial charge < -0.3 is 15.5 Å². The first-order valence-corrected chi connectivity index (χ1v) is 11.9. The number of hydrogen-bond donors (Lipinski definition) is 2. The van der Waals surface area contributed by atoms with Crippen molar-refractivity contribution < 1.29 is 9.59 Å². The van der Waals surface area contributed by atoms with E-state index in [4.69, 9.17) is 0 Å². The van der Waals surface area contributed by atoms with E-state index in [2.05, 4.69) is 36.3 Å². The molecule has 1 unspecified atom stereocenters. The lowest BCUT2D eigenvalue weighted by Gasteiger charge is -2.19. The van der Waals surface area contributed by atoms with Crippen LogP contribution in [-0.2, 0) is 12.8 Å². The largest absolute Gasteiger partial charge is 0.352 e. The summed E-state index contributed by atoms with van der Waals surface area (Å²) >= 11 is 1.57. The molecule has 0 aliphatic heterocycles. The topological polar surface area (TPSA) is 61.4 Å². The summed E-state index contributed by atoms with van der Waals surface area (Å²) in [5, 5.41) is 6.79. The third-order valence-corrected chi connectivity index (χ3v) is 7.00. The average Bonchev–Trinajstić information content (AvgIpc) is 3.11. The lowest BCUT2D eigenvalue weighted by molar-refractivity contribution is 0.0952. The number of fused-ring (bicyclic) bond motifs is 1. The van der Waals surface area contributed by atoms with Crippen molar-refractivity contribution in [2.45, 2.75) is 46.5 Å². The zero-order valence-electron chi connectivity index (χ0n) is 18.3. The van der Waals surface area contributed by atoms with Crippen molar-refractivity contribution in [2.24, 2.45) is 5.92 Å². The zero-order chi connectivity index (χ0) is 21.5. The summed E-state index contributed by atoms with van der Waals surface area (Å²) in [6.45, 7) is 10.2. The van der Waals surface area contributed by atoms with Crippen molar-refractivity contribution in [1.29, 1.82) is 0 Å². The van der Waals surface area contributed by atoms with Crippen LogP contribution in [0.15, 0.2) is 30.3 Å². The number of hydrogen-bond acceptors (Lipinski definition) is 4. The molecule has 2 aromatic rings. The molecule has 0 fully saturated rings. The van der Waals surface area contributed by atoms with E-state index in [9.17, 15) is 9.59 Å². The van der Waals surface area contributed by atoms with Crippen molar-refractivity contribution in [3.63, 3.8) is 0 Å². The van der Waals surface area contributed by atoms with Crippen LogP contribution in [0.25, 0.3) is 0 Å². The number of amides is 2. The SMILES string of the molecule is CCN(CC)CCCNC(=O)c1c(NC(=O)c2ccccc2)sc2c1CCC(C)C2. The second-order valence-electron chi connectivity index (χ2n) is 8.01. The molecule has 0 radical (unpaired) electrons. The predicted octanol–water partition coefficient (Wildman–Crippen LogP) is 4.59. The molecule has 1 aromatic heterocycles. The van der Waals surface area contributed by atoms with Crippen LogP contribution < -0.4 is 10.6 Å². The van der Waals surface area contributed by atoms with Crippen LogP contribution in [0.3, 0.4) is 0 Å². The minimum Gasteiger partial charge on any atom is -0.352 e. The first kappa shape index (κ1) is 22.5. The van der Waals surface area contributed by atoms with Crippen LogP contribution in [0.1, 0.15) is 64.8 Å². The van der Waals surface area contributed by atoms with E-state index in [1.165, 1.54) is 4.88 Å². The highest BCUT2D eigenvalue weighted by Gasteiger charge is 2.28. The van der Waals surface area contributed by atoms with E-state index in [0.717, 1.165) is 50.9 Å². The van der Waals surface area contributed by atoms with E-state index in [-0.39, 0.29) is 11.8 Å². The van der Waals surface area contributed by atoms with Crippen LogP contribution in [0.4, 0.5) is 5.00 Å². The average molecular weight is 428 g/mol.